The fraction of sp³-hybridized carbons (Fsp3) is 0.167. The summed E-state index contributed by atoms with van der Waals surface area (Å²) in [7, 11) is 0. The summed E-state index contributed by atoms with van der Waals surface area (Å²) in [6.45, 7) is 3.92. The Kier molecular flexibility index (Phi) is 6.27. The van der Waals surface area contributed by atoms with Crippen LogP contribution in [0.1, 0.15) is 38.7 Å². The molecule has 142 valence electrons. The average Bonchev–Trinajstić information content (AvgIpc) is 2.69. The third kappa shape index (κ3) is 5.08. The summed E-state index contributed by atoms with van der Waals surface area (Å²) in [6, 6.07) is 21.7. The largest absolute Gasteiger partial charge is 0.449 e. The van der Waals surface area contributed by atoms with E-state index < -0.39 is 12.1 Å². The summed E-state index contributed by atoms with van der Waals surface area (Å²) >= 11 is 5.88. The van der Waals surface area contributed by atoms with E-state index >= 15 is 0 Å². The Morgan fingerprint density at radius 1 is 0.821 bits per heavy atom. The van der Waals surface area contributed by atoms with Crippen molar-refractivity contribution in [1.82, 2.24) is 0 Å². The number of carbonyl (C=O) groups is 2. The molecule has 3 rings (SSSR count). The van der Waals surface area contributed by atoms with Crippen molar-refractivity contribution in [3.8, 4) is 0 Å². The van der Waals surface area contributed by atoms with Crippen LogP contribution in [-0.2, 0) is 16.0 Å². The van der Waals surface area contributed by atoms with Gasteiger partial charge in [-0.1, -0.05) is 83.4 Å². The van der Waals surface area contributed by atoms with Gasteiger partial charge in [-0.05, 0) is 31.5 Å². The number of rotatable bonds is 6. The number of carbonyl (C=O) groups excluding carboxylic acids is 2. The number of hydrogen-bond donors (Lipinski definition) is 0. The van der Waals surface area contributed by atoms with Crippen LogP contribution in [0.2, 0.25) is 5.02 Å². The van der Waals surface area contributed by atoms with Gasteiger partial charge in [-0.2, -0.15) is 0 Å². The SMILES string of the molecule is Cc1ccc(C(=O)[C@@H](OC(=O)Cc2ccc(Cl)cc2)c2ccc(C)cc2)cc1. The summed E-state index contributed by atoms with van der Waals surface area (Å²) in [5.41, 5.74) is 4.07. The van der Waals surface area contributed by atoms with Crippen LogP contribution in [0.15, 0.2) is 72.8 Å². The van der Waals surface area contributed by atoms with Crippen molar-refractivity contribution in [2.24, 2.45) is 0 Å². The molecule has 0 amide bonds. The highest BCUT2D eigenvalue weighted by molar-refractivity contribution is 6.30. The fourth-order valence-corrected chi connectivity index (χ4v) is 2.95. The lowest BCUT2D eigenvalue weighted by Crippen LogP contribution is -2.21. The Labute approximate surface area is 169 Å². The fourth-order valence-electron chi connectivity index (χ4n) is 2.83. The van der Waals surface area contributed by atoms with Crippen molar-refractivity contribution in [3.05, 3.63) is 106 Å². The third-order valence-corrected chi connectivity index (χ3v) is 4.72. The van der Waals surface area contributed by atoms with Crippen LogP contribution >= 0.6 is 11.6 Å². The zero-order valence-electron chi connectivity index (χ0n) is 15.8. The van der Waals surface area contributed by atoms with Crippen molar-refractivity contribution < 1.29 is 14.3 Å². The van der Waals surface area contributed by atoms with E-state index in [4.69, 9.17) is 16.3 Å². The molecule has 0 aliphatic heterocycles. The molecule has 0 bridgehead atoms. The predicted molar refractivity (Wildman–Crippen MR) is 111 cm³/mol. The van der Waals surface area contributed by atoms with E-state index in [0.29, 0.717) is 16.1 Å². The summed E-state index contributed by atoms with van der Waals surface area (Å²) in [6.07, 6.45) is -0.913. The van der Waals surface area contributed by atoms with Gasteiger partial charge in [0.15, 0.2) is 6.10 Å². The van der Waals surface area contributed by atoms with E-state index in [1.807, 2.05) is 50.2 Å². The van der Waals surface area contributed by atoms with Gasteiger partial charge in [-0.15, -0.1) is 0 Å². The minimum atomic E-state index is -0.983. The molecule has 1 atom stereocenters. The number of esters is 1. The van der Waals surface area contributed by atoms with Gasteiger partial charge in [-0.25, -0.2) is 0 Å². The molecule has 0 spiro atoms. The monoisotopic (exact) mass is 392 g/mol. The van der Waals surface area contributed by atoms with E-state index in [9.17, 15) is 9.59 Å². The number of hydrogen-bond acceptors (Lipinski definition) is 3. The summed E-state index contributed by atoms with van der Waals surface area (Å²) in [4.78, 5) is 25.6. The van der Waals surface area contributed by atoms with E-state index in [0.717, 1.165) is 16.7 Å². The lowest BCUT2D eigenvalue weighted by molar-refractivity contribution is -0.146. The standard InChI is InChI=1S/C24H21ClO3/c1-16-3-9-19(10-4-16)23(27)24(20-11-5-17(2)6-12-20)28-22(26)15-18-7-13-21(25)14-8-18/h3-14,24H,15H2,1-2H3/t24-/m0/s1. The second kappa shape index (κ2) is 8.85. The van der Waals surface area contributed by atoms with Crippen LogP contribution in [0.3, 0.4) is 0 Å². The van der Waals surface area contributed by atoms with Crippen molar-refractivity contribution in [3.63, 3.8) is 0 Å². The zero-order chi connectivity index (χ0) is 20.1. The van der Waals surface area contributed by atoms with Gasteiger partial charge >= 0.3 is 5.97 Å². The van der Waals surface area contributed by atoms with Crippen molar-refractivity contribution in [2.45, 2.75) is 26.4 Å². The number of Topliss-reactive ketones (excluding diaryl/α,β-unsaturated/α-hetero) is 1. The first-order valence-electron chi connectivity index (χ1n) is 9.04. The number of benzene rings is 3. The van der Waals surface area contributed by atoms with E-state index in [2.05, 4.69) is 0 Å². The van der Waals surface area contributed by atoms with Gasteiger partial charge in [0, 0.05) is 16.1 Å². The van der Waals surface area contributed by atoms with Gasteiger partial charge < -0.3 is 4.74 Å². The number of ketones is 1. The van der Waals surface area contributed by atoms with Gasteiger partial charge in [0.2, 0.25) is 5.78 Å². The van der Waals surface area contributed by atoms with E-state index in [1.54, 1.807) is 36.4 Å². The molecule has 0 radical (unpaired) electrons. The molecule has 0 aliphatic rings. The van der Waals surface area contributed by atoms with E-state index in [-0.39, 0.29) is 12.2 Å². The van der Waals surface area contributed by atoms with Gasteiger partial charge in [0.1, 0.15) is 0 Å². The summed E-state index contributed by atoms with van der Waals surface area (Å²) in [5.74, 6) is -0.707. The first-order valence-corrected chi connectivity index (χ1v) is 9.41. The molecule has 3 nitrogen and oxygen atoms in total. The maximum atomic E-state index is 13.1. The molecule has 3 aromatic rings. The Morgan fingerprint density at radius 3 is 1.93 bits per heavy atom. The van der Waals surface area contributed by atoms with Gasteiger partial charge in [0.05, 0.1) is 6.42 Å². The highest BCUT2D eigenvalue weighted by atomic mass is 35.5. The topological polar surface area (TPSA) is 43.4 Å². The molecular weight excluding hydrogens is 372 g/mol. The Hall–Kier alpha value is -2.91. The lowest BCUT2D eigenvalue weighted by Gasteiger charge is -2.18. The minimum absolute atomic E-state index is 0.0701. The van der Waals surface area contributed by atoms with Gasteiger partial charge in [-0.3, -0.25) is 9.59 Å². The first kappa shape index (κ1) is 19.8. The van der Waals surface area contributed by atoms with Crippen LogP contribution in [-0.4, -0.2) is 11.8 Å². The minimum Gasteiger partial charge on any atom is -0.449 e. The smallest absolute Gasteiger partial charge is 0.311 e. The summed E-state index contributed by atoms with van der Waals surface area (Å²) < 4.78 is 5.64. The van der Waals surface area contributed by atoms with Crippen LogP contribution in [0, 0.1) is 13.8 Å². The predicted octanol–water partition coefficient (Wildman–Crippen LogP) is 5.67. The summed E-state index contributed by atoms with van der Waals surface area (Å²) in [5, 5.41) is 0.601. The number of aryl methyl sites for hydroxylation is 2. The third-order valence-electron chi connectivity index (χ3n) is 4.47. The second-order valence-electron chi connectivity index (χ2n) is 6.81. The molecule has 0 heterocycles. The highest BCUT2D eigenvalue weighted by Crippen LogP contribution is 2.24. The molecule has 28 heavy (non-hydrogen) atoms. The molecule has 0 saturated heterocycles. The zero-order valence-corrected chi connectivity index (χ0v) is 16.6. The molecule has 3 aromatic carbocycles. The van der Waals surface area contributed by atoms with Crippen LogP contribution in [0.5, 0.6) is 0 Å². The van der Waals surface area contributed by atoms with Crippen LogP contribution in [0.25, 0.3) is 0 Å². The average molecular weight is 393 g/mol. The first-order chi connectivity index (χ1) is 13.4. The Bertz CT molecular complexity index is 958. The molecule has 0 saturated carbocycles. The number of halogens is 1. The van der Waals surface area contributed by atoms with Crippen LogP contribution in [0.4, 0.5) is 0 Å². The molecular formula is C24H21ClO3. The quantitative estimate of drug-likeness (QED) is 0.401. The maximum Gasteiger partial charge on any atom is 0.311 e. The van der Waals surface area contributed by atoms with Crippen molar-refractivity contribution in [2.75, 3.05) is 0 Å². The molecule has 0 aliphatic carbocycles. The Balaban J connectivity index is 1.84. The van der Waals surface area contributed by atoms with Gasteiger partial charge in [0.25, 0.3) is 0 Å². The normalized spacial score (nSPS) is 11.7. The lowest BCUT2D eigenvalue weighted by atomic mass is 9.98. The molecule has 0 unspecified atom stereocenters. The van der Waals surface area contributed by atoms with Crippen LogP contribution < -0.4 is 0 Å². The molecule has 0 N–H and O–H groups in total. The highest BCUT2D eigenvalue weighted by Gasteiger charge is 2.26. The second-order valence-corrected chi connectivity index (χ2v) is 7.25. The number of ether oxygens (including phenoxy) is 1. The Morgan fingerprint density at radius 2 is 1.36 bits per heavy atom. The van der Waals surface area contributed by atoms with E-state index in [1.165, 1.54) is 0 Å². The maximum absolute atomic E-state index is 13.1. The van der Waals surface area contributed by atoms with Crippen molar-refractivity contribution in [1.29, 1.82) is 0 Å². The molecule has 4 heteroatoms. The molecule has 0 aromatic heterocycles. The van der Waals surface area contributed by atoms with Crippen molar-refractivity contribution >= 4 is 23.4 Å². The molecule has 0 fully saturated rings.